The Balaban J connectivity index is 2.11. The molecule has 0 aliphatic rings. The Morgan fingerprint density at radius 3 is 2.47 bits per heavy atom. The van der Waals surface area contributed by atoms with E-state index in [2.05, 4.69) is 11.4 Å². The minimum Gasteiger partial charge on any atom is -0.355 e. The van der Waals surface area contributed by atoms with Gasteiger partial charge in [-0.15, -0.1) is 0 Å². The van der Waals surface area contributed by atoms with Crippen LogP contribution in [0.5, 0.6) is 0 Å². The van der Waals surface area contributed by atoms with E-state index in [1.807, 2.05) is 48.5 Å². The molecule has 0 aliphatic heterocycles. The summed E-state index contributed by atoms with van der Waals surface area (Å²) in [5.74, 6) is 0. The van der Waals surface area contributed by atoms with Crippen LogP contribution in [-0.2, 0) is 6.42 Å². The van der Waals surface area contributed by atoms with Crippen LogP contribution in [0, 0.1) is 11.3 Å². The summed E-state index contributed by atoms with van der Waals surface area (Å²) < 4.78 is 0. The van der Waals surface area contributed by atoms with Gasteiger partial charge in [0.05, 0.1) is 12.5 Å². The summed E-state index contributed by atoms with van der Waals surface area (Å²) in [4.78, 5) is 0. The maximum absolute atomic E-state index is 8.57. The summed E-state index contributed by atoms with van der Waals surface area (Å²) in [6.07, 6.45) is 0.442. The minimum absolute atomic E-state index is 0.442. The predicted molar refractivity (Wildman–Crippen MR) is 70.5 cm³/mol. The second kappa shape index (κ2) is 5.38. The molecule has 0 heterocycles. The van der Waals surface area contributed by atoms with Gasteiger partial charge in [0.1, 0.15) is 0 Å². The average Bonchev–Trinajstić information content (AvgIpc) is 2.32. The van der Waals surface area contributed by atoms with Crippen molar-refractivity contribution in [3.05, 3.63) is 59.1 Å². The maximum Gasteiger partial charge on any atom is 0.0669 e. The van der Waals surface area contributed by atoms with Crippen LogP contribution in [0.25, 0.3) is 0 Å². The molecule has 1 N–H and O–H groups in total. The Morgan fingerprint density at radius 1 is 1.06 bits per heavy atom. The molecular formula is C14H11ClN2. The molecule has 0 fully saturated rings. The summed E-state index contributed by atoms with van der Waals surface area (Å²) in [5, 5.41) is 12.5. The monoisotopic (exact) mass is 242 g/mol. The first-order valence-electron chi connectivity index (χ1n) is 5.26. The van der Waals surface area contributed by atoms with Gasteiger partial charge in [0, 0.05) is 16.4 Å². The SMILES string of the molecule is N#CCc1ccc(Nc2cccc(Cl)c2)cc1. The highest BCUT2D eigenvalue weighted by Crippen LogP contribution is 2.20. The van der Waals surface area contributed by atoms with Crippen molar-refractivity contribution in [3.63, 3.8) is 0 Å². The molecule has 84 valence electrons. The lowest BCUT2D eigenvalue weighted by Gasteiger charge is -2.07. The maximum atomic E-state index is 8.57. The minimum atomic E-state index is 0.442. The highest BCUT2D eigenvalue weighted by atomic mass is 35.5. The largest absolute Gasteiger partial charge is 0.355 e. The summed E-state index contributed by atoms with van der Waals surface area (Å²) >= 11 is 5.90. The molecule has 2 nitrogen and oxygen atoms in total. The van der Waals surface area contributed by atoms with E-state index in [-0.39, 0.29) is 0 Å². The van der Waals surface area contributed by atoms with E-state index in [1.54, 1.807) is 0 Å². The number of nitrogens with one attached hydrogen (secondary N) is 1. The van der Waals surface area contributed by atoms with E-state index < -0.39 is 0 Å². The molecule has 2 aromatic carbocycles. The molecule has 0 bridgehead atoms. The number of nitriles is 1. The van der Waals surface area contributed by atoms with Crippen LogP contribution >= 0.6 is 11.6 Å². The molecule has 0 radical (unpaired) electrons. The van der Waals surface area contributed by atoms with Crippen molar-refractivity contribution < 1.29 is 0 Å². The van der Waals surface area contributed by atoms with Crippen molar-refractivity contribution >= 4 is 23.0 Å². The third-order valence-corrected chi connectivity index (χ3v) is 2.59. The standard InChI is InChI=1S/C14H11ClN2/c15-12-2-1-3-14(10-12)17-13-6-4-11(5-7-13)8-9-16/h1-7,10,17H,8H2. The first-order chi connectivity index (χ1) is 8.28. The second-order valence-corrected chi connectivity index (χ2v) is 4.10. The summed E-state index contributed by atoms with van der Waals surface area (Å²) in [7, 11) is 0. The molecule has 2 rings (SSSR count). The number of nitrogens with zero attached hydrogens (tertiary/aromatic N) is 1. The zero-order valence-corrected chi connectivity index (χ0v) is 9.91. The van der Waals surface area contributed by atoms with Crippen LogP contribution < -0.4 is 5.32 Å². The van der Waals surface area contributed by atoms with Gasteiger partial charge in [-0.3, -0.25) is 0 Å². The fourth-order valence-corrected chi connectivity index (χ4v) is 1.72. The van der Waals surface area contributed by atoms with E-state index in [1.165, 1.54) is 0 Å². The van der Waals surface area contributed by atoms with Crippen molar-refractivity contribution in [3.8, 4) is 6.07 Å². The van der Waals surface area contributed by atoms with Gasteiger partial charge in [-0.1, -0.05) is 29.8 Å². The Morgan fingerprint density at radius 2 is 1.82 bits per heavy atom. The summed E-state index contributed by atoms with van der Waals surface area (Å²) in [6.45, 7) is 0. The number of benzene rings is 2. The van der Waals surface area contributed by atoms with Crippen LogP contribution in [0.4, 0.5) is 11.4 Å². The highest BCUT2D eigenvalue weighted by Gasteiger charge is 1.96. The van der Waals surface area contributed by atoms with Crippen LogP contribution in [0.15, 0.2) is 48.5 Å². The highest BCUT2D eigenvalue weighted by molar-refractivity contribution is 6.30. The summed E-state index contributed by atoms with van der Waals surface area (Å²) in [6, 6.07) is 17.5. The number of rotatable bonds is 3. The van der Waals surface area contributed by atoms with Crippen molar-refractivity contribution in [2.45, 2.75) is 6.42 Å². The van der Waals surface area contributed by atoms with Crippen LogP contribution in [0.3, 0.4) is 0 Å². The molecular weight excluding hydrogens is 232 g/mol. The van der Waals surface area contributed by atoms with E-state index in [0.717, 1.165) is 16.9 Å². The molecule has 17 heavy (non-hydrogen) atoms. The number of anilines is 2. The molecule has 0 aromatic heterocycles. The lowest BCUT2D eigenvalue weighted by atomic mass is 10.1. The fraction of sp³-hybridized carbons (Fsp3) is 0.0714. The van der Waals surface area contributed by atoms with Gasteiger partial charge in [-0.05, 0) is 35.9 Å². The Hall–Kier alpha value is -1.98. The smallest absolute Gasteiger partial charge is 0.0669 e. The molecule has 0 spiro atoms. The van der Waals surface area contributed by atoms with E-state index in [0.29, 0.717) is 11.4 Å². The van der Waals surface area contributed by atoms with Crippen LogP contribution in [-0.4, -0.2) is 0 Å². The molecule has 0 atom stereocenters. The predicted octanol–water partition coefficient (Wildman–Crippen LogP) is 4.15. The molecule has 3 heteroatoms. The molecule has 0 unspecified atom stereocenters. The quantitative estimate of drug-likeness (QED) is 0.878. The van der Waals surface area contributed by atoms with Crippen molar-refractivity contribution in [2.24, 2.45) is 0 Å². The Kier molecular flexibility index (Phi) is 3.64. The van der Waals surface area contributed by atoms with Gasteiger partial charge in [0.25, 0.3) is 0 Å². The summed E-state index contributed by atoms with van der Waals surface area (Å²) in [5.41, 5.74) is 2.95. The van der Waals surface area contributed by atoms with Gasteiger partial charge in [0.15, 0.2) is 0 Å². The second-order valence-electron chi connectivity index (χ2n) is 3.67. The average molecular weight is 243 g/mol. The zero-order valence-electron chi connectivity index (χ0n) is 9.15. The third-order valence-electron chi connectivity index (χ3n) is 2.35. The Labute approximate surface area is 105 Å². The van der Waals surface area contributed by atoms with Gasteiger partial charge < -0.3 is 5.32 Å². The first kappa shape index (κ1) is 11.5. The van der Waals surface area contributed by atoms with E-state index in [4.69, 9.17) is 16.9 Å². The normalized spacial score (nSPS) is 9.65. The molecule has 0 saturated carbocycles. The molecule has 2 aromatic rings. The molecule has 0 aliphatic carbocycles. The van der Waals surface area contributed by atoms with Crippen LogP contribution in [0.1, 0.15) is 5.56 Å². The topological polar surface area (TPSA) is 35.8 Å². The van der Waals surface area contributed by atoms with Gasteiger partial charge in [0.2, 0.25) is 0 Å². The van der Waals surface area contributed by atoms with Gasteiger partial charge in [-0.25, -0.2) is 0 Å². The van der Waals surface area contributed by atoms with Gasteiger partial charge in [-0.2, -0.15) is 5.26 Å². The number of halogens is 1. The van der Waals surface area contributed by atoms with Crippen molar-refractivity contribution in [1.29, 1.82) is 5.26 Å². The van der Waals surface area contributed by atoms with Crippen LogP contribution in [0.2, 0.25) is 5.02 Å². The number of hydrogen-bond acceptors (Lipinski definition) is 2. The van der Waals surface area contributed by atoms with Crippen molar-refractivity contribution in [1.82, 2.24) is 0 Å². The molecule has 0 saturated heterocycles. The van der Waals surface area contributed by atoms with E-state index in [9.17, 15) is 0 Å². The third kappa shape index (κ3) is 3.24. The zero-order chi connectivity index (χ0) is 12.1. The Bertz CT molecular complexity index is 541. The lowest BCUT2D eigenvalue weighted by Crippen LogP contribution is -1.90. The fourth-order valence-electron chi connectivity index (χ4n) is 1.53. The van der Waals surface area contributed by atoms with Gasteiger partial charge >= 0.3 is 0 Å². The first-order valence-corrected chi connectivity index (χ1v) is 5.64. The molecule has 0 amide bonds. The lowest BCUT2D eigenvalue weighted by molar-refractivity contribution is 1.26. The number of hydrogen-bond donors (Lipinski definition) is 1. The van der Waals surface area contributed by atoms with E-state index >= 15 is 0 Å². The van der Waals surface area contributed by atoms with Crippen molar-refractivity contribution in [2.75, 3.05) is 5.32 Å².